The zero-order chi connectivity index (χ0) is 14.9. The quantitative estimate of drug-likeness (QED) is 0.648. The number of nitro benzene ring substituents is 1. The van der Waals surface area contributed by atoms with Crippen molar-refractivity contribution in [3.63, 3.8) is 0 Å². The molecule has 0 amide bonds. The molecule has 1 aromatic rings. The number of carboxylic acid groups (broad SMARTS) is 1. The molecular formula is C12H13BrN2O5. The summed E-state index contributed by atoms with van der Waals surface area (Å²) in [6.45, 7) is 2.25. The van der Waals surface area contributed by atoms with E-state index in [-0.39, 0.29) is 12.3 Å². The van der Waals surface area contributed by atoms with E-state index in [0.717, 1.165) is 4.47 Å². The van der Waals surface area contributed by atoms with Gasteiger partial charge in [-0.05, 0) is 19.1 Å². The highest BCUT2D eigenvalue weighted by atomic mass is 79.9. The topological polar surface area (TPSA) is 92.9 Å². The van der Waals surface area contributed by atoms with E-state index in [1.807, 2.05) is 0 Å². The van der Waals surface area contributed by atoms with Crippen molar-refractivity contribution in [2.45, 2.75) is 12.5 Å². The molecule has 0 bridgehead atoms. The van der Waals surface area contributed by atoms with E-state index in [2.05, 4.69) is 15.9 Å². The first kappa shape index (κ1) is 14.7. The lowest BCUT2D eigenvalue weighted by Gasteiger charge is -2.48. The van der Waals surface area contributed by atoms with Crippen molar-refractivity contribution in [1.29, 1.82) is 0 Å². The Balaban J connectivity index is 2.10. The van der Waals surface area contributed by atoms with Gasteiger partial charge in [0.1, 0.15) is 17.9 Å². The first-order valence-electron chi connectivity index (χ1n) is 5.85. The molecule has 20 heavy (non-hydrogen) atoms. The van der Waals surface area contributed by atoms with Gasteiger partial charge in [0.2, 0.25) is 0 Å². The predicted octanol–water partition coefficient (Wildman–Crippen LogP) is 2.04. The number of halogens is 1. The molecular weight excluding hydrogens is 332 g/mol. The molecule has 7 nitrogen and oxygen atoms in total. The normalized spacial score (nSPS) is 16.6. The highest BCUT2D eigenvalue weighted by Gasteiger charge is 2.42. The Kier molecular flexibility index (Phi) is 3.96. The summed E-state index contributed by atoms with van der Waals surface area (Å²) in [4.78, 5) is 22.9. The molecule has 0 saturated carbocycles. The molecule has 108 valence electrons. The monoisotopic (exact) mass is 344 g/mol. The van der Waals surface area contributed by atoms with Crippen LogP contribution in [0.4, 0.5) is 11.4 Å². The number of carboxylic acids is 1. The van der Waals surface area contributed by atoms with Crippen LogP contribution >= 0.6 is 15.9 Å². The summed E-state index contributed by atoms with van der Waals surface area (Å²) >= 11 is 3.29. The van der Waals surface area contributed by atoms with Gasteiger partial charge in [0, 0.05) is 23.6 Å². The second-order valence-electron chi connectivity index (χ2n) is 4.88. The maximum Gasteiger partial charge on any atom is 0.329 e. The minimum atomic E-state index is -1.03. The van der Waals surface area contributed by atoms with Crippen molar-refractivity contribution < 1.29 is 19.6 Å². The first-order chi connectivity index (χ1) is 9.31. The zero-order valence-electron chi connectivity index (χ0n) is 10.7. The Bertz CT molecular complexity index is 557. The molecule has 1 aliphatic heterocycles. The van der Waals surface area contributed by atoms with Gasteiger partial charge in [0.05, 0.1) is 4.92 Å². The summed E-state index contributed by atoms with van der Waals surface area (Å²) in [7, 11) is 0. The lowest BCUT2D eigenvalue weighted by Crippen LogP contribution is -2.62. The number of aliphatic carboxylic acids is 1. The zero-order valence-corrected chi connectivity index (χ0v) is 12.3. The molecule has 8 heteroatoms. The third-order valence-electron chi connectivity index (χ3n) is 3.07. The number of ether oxygens (including phenoxy) is 1. The van der Waals surface area contributed by atoms with Crippen molar-refractivity contribution in [2.24, 2.45) is 0 Å². The van der Waals surface area contributed by atoms with E-state index >= 15 is 0 Å². The van der Waals surface area contributed by atoms with Crippen molar-refractivity contribution in [1.82, 2.24) is 0 Å². The van der Waals surface area contributed by atoms with E-state index in [0.29, 0.717) is 18.8 Å². The molecule has 0 radical (unpaired) electrons. The number of rotatable bonds is 5. The van der Waals surface area contributed by atoms with Gasteiger partial charge in [-0.1, -0.05) is 15.9 Å². The smallest absolute Gasteiger partial charge is 0.329 e. The van der Waals surface area contributed by atoms with Crippen molar-refractivity contribution in [3.8, 4) is 0 Å². The minimum absolute atomic E-state index is 0.0217. The van der Waals surface area contributed by atoms with Gasteiger partial charge in [-0.15, -0.1) is 0 Å². The summed E-state index contributed by atoms with van der Waals surface area (Å²) in [6.07, 6.45) is 0. The number of nitro groups is 1. The van der Waals surface area contributed by atoms with Crippen LogP contribution in [0.15, 0.2) is 22.7 Å². The Morgan fingerprint density at radius 1 is 1.60 bits per heavy atom. The standard InChI is InChI=1S/C12H13BrN2O5/c1-12(20-5-11(16)17)6-14(7-12)10-4-8(13)2-3-9(10)15(18)19/h2-4H,5-7H2,1H3,(H,16,17). The van der Waals surface area contributed by atoms with Crippen LogP contribution < -0.4 is 4.90 Å². The third-order valence-corrected chi connectivity index (χ3v) is 3.56. The molecule has 1 N–H and O–H groups in total. The van der Waals surface area contributed by atoms with Crippen LogP contribution in [0.2, 0.25) is 0 Å². The fraction of sp³-hybridized carbons (Fsp3) is 0.417. The third kappa shape index (κ3) is 3.07. The number of carbonyl (C=O) groups is 1. The fourth-order valence-corrected chi connectivity index (χ4v) is 2.51. The molecule has 0 aliphatic carbocycles. The lowest BCUT2D eigenvalue weighted by molar-refractivity contribution is -0.384. The van der Waals surface area contributed by atoms with E-state index in [9.17, 15) is 14.9 Å². The van der Waals surface area contributed by atoms with Crippen LogP contribution in [0.5, 0.6) is 0 Å². The second-order valence-corrected chi connectivity index (χ2v) is 5.79. The summed E-state index contributed by atoms with van der Waals surface area (Å²) in [5.74, 6) is -1.03. The van der Waals surface area contributed by atoms with Gasteiger partial charge in [0.15, 0.2) is 0 Å². The molecule has 1 aliphatic rings. The largest absolute Gasteiger partial charge is 0.480 e. The van der Waals surface area contributed by atoms with Gasteiger partial charge in [-0.3, -0.25) is 10.1 Å². The number of anilines is 1. The Labute approximate surface area is 123 Å². The van der Waals surface area contributed by atoms with E-state index in [1.165, 1.54) is 6.07 Å². The van der Waals surface area contributed by atoms with Crippen LogP contribution in [0.3, 0.4) is 0 Å². The minimum Gasteiger partial charge on any atom is -0.480 e. The maximum absolute atomic E-state index is 11.0. The molecule has 1 aromatic carbocycles. The number of hydrogen-bond acceptors (Lipinski definition) is 5. The SMILES string of the molecule is CC1(OCC(=O)O)CN(c2cc(Br)ccc2[N+](=O)[O-])C1. The average Bonchev–Trinajstić information content (AvgIpc) is 2.32. The van der Waals surface area contributed by atoms with Crippen molar-refractivity contribution in [2.75, 3.05) is 24.6 Å². The molecule has 1 heterocycles. The van der Waals surface area contributed by atoms with Crippen molar-refractivity contribution >= 4 is 33.3 Å². The maximum atomic E-state index is 11.0. The molecule has 0 atom stereocenters. The summed E-state index contributed by atoms with van der Waals surface area (Å²) in [5.41, 5.74) is -0.0663. The van der Waals surface area contributed by atoms with Crippen LogP contribution in [-0.4, -0.2) is 41.3 Å². The Morgan fingerprint density at radius 3 is 2.80 bits per heavy atom. The van der Waals surface area contributed by atoms with Crippen molar-refractivity contribution in [3.05, 3.63) is 32.8 Å². The van der Waals surface area contributed by atoms with Gasteiger partial charge >= 0.3 is 5.97 Å². The molecule has 0 aromatic heterocycles. The highest BCUT2D eigenvalue weighted by Crippen LogP contribution is 2.37. The summed E-state index contributed by atoms with van der Waals surface area (Å²) < 4.78 is 6.03. The lowest BCUT2D eigenvalue weighted by atomic mass is 9.95. The molecule has 1 saturated heterocycles. The summed E-state index contributed by atoms with van der Waals surface area (Å²) in [5, 5.41) is 19.6. The Hall–Kier alpha value is -1.67. The second kappa shape index (κ2) is 5.37. The Morgan fingerprint density at radius 2 is 2.25 bits per heavy atom. The highest BCUT2D eigenvalue weighted by molar-refractivity contribution is 9.10. The van der Waals surface area contributed by atoms with Crippen LogP contribution in [0.25, 0.3) is 0 Å². The number of hydrogen-bond donors (Lipinski definition) is 1. The van der Waals surface area contributed by atoms with Gasteiger partial charge < -0.3 is 14.7 Å². The first-order valence-corrected chi connectivity index (χ1v) is 6.65. The van der Waals surface area contributed by atoms with Gasteiger partial charge in [-0.2, -0.15) is 0 Å². The van der Waals surface area contributed by atoms with E-state index in [4.69, 9.17) is 9.84 Å². The van der Waals surface area contributed by atoms with Crippen LogP contribution in [0.1, 0.15) is 6.92 Å². The molecule has 2 rings (SSSR count). The van der Waals surface area contributed by atoms with E-state index in [1.54, 1.807) is 24.0 Å². The number of benzene rings is 1. The average molecular weight is 345 g/mol. The number of nitrogens with zero attached hydrogens (tertiary/aromatic N) is 2. The predicted molar refractivity (Wildman–Crippen MR) is 75.0 cm³/mol. The van der Waals surface area contributed by atoms with Crippen LogP contribution in [0, 0.1) is 10.1 Å². The van der Waals surface area contributed by atoms with Gasteiger partial charge in [0.25, 0.3) is 5.69 Å². The summed E-state index contributed by atoms with van der Waals surface area (Å²) in [6, 6.07) is 4.73. The molecule has 1 fully saturated rings. The van der Waals surface area contributed by atoms with Crippen LogP contribution in [-0.2, 0) is 9.53 Å². The van der Waals surface area contributed by atoms with Gasteiger partial charge in [-0.25, -0.2) is 4.79 Å². The molecule has 0 spiro atoms. The fourth-order valence-electron chi connectivity index (χ4n) is 2.16. The molecule has 0 unspecified atom stereocenters. The van der Waals surface area contributed by atoms with E-state index < -0.39 is 16.5 Å².